The molecule has 0 saturated carbocycles. The molecule has 6 nitrogen and oxygen atoms in total. The number of aromatic nitrogens is 4. The van der Waals surface area contributed by atoms with Crippen molar-refractivity contribution in [1.82, 2.24) is 19.4 Å². The van der Waals surface area contributed by atoms with Crippen molar-refractivity contribution in [2.45, 2.75) is 20.4 Å². The Bertz CT molecular complexity index is 979. The van der Waals surface area contributed by atoms with Crippen LogP contribution in [0.1, 0.15) is 18.2 Å². The first kappa shape index (κ1) is 14.4. The van der Waals surface area contributed by atoms with Gasteiger partial charge in [-0.15, -0.1) is 0 Å². The molecule has 1 N–H and O–H groups in total. The van der Waals surface area contributed by atoms with Gasteiger partial charge in [0.2, 0.25) is 4.77 Å². The third-order valence-corrected chi connectivity index (χ3v) is 3.75. The van der Waals surface area contributed by atoms with Crippen molar-refractivity contribution in [3.05, 3.63) is 56.8 Å². The van der Waals surface area contributed by atoms with E-state index in [1.165, 1.54) is 0 Å². The second-order valence-corrected chi connectivity index (χ2v) is 5.25. The van der Waals surface area contributed by atoms with Crippen molar-refractivity contribution in [1.29, 1.82) is 0 Å². The smallest absolute Gasteiger partial charge is 0.296 e. The number of nitrogens with zero attached hydrogens (tertiary/aromatic N) is 4. The van der Waals surface area contributed by atoms with Crippen LogP contribution in [0.5, 0.6) is 0 Å². The van der Waals surface area contributed by atoms with Gasteiger partial charge in [0.15, 0.2) is 0 Å². The van der Waals surface area contributed by atoms with Gasteiger partial charge in [0.05, 0.1) is 6.21 Å². The molecule has 0 bridgehead atoms. The van der Waals surface area contributed by atoms with Gasteiger partial charge in [-0.25, -0.2) is 0 Å². The van der Waals surface area contributed by atoms with Crippen molar-refractivity contribution in [2.24, 2.45) is 5.10 Å². The van der Waals surface area contributed by atoms with Crippen LogP contribution in [0.2, 0.25) is 0 Å². The molecule has 0 saturated heterocycles. The molecule has 0 spiro atoms. The Labute approximate surface area is 131 Å². The van der Waals surface area contributed by atoms with Gasteiger partial charge in [0.1, 0.15) is 5.69 Å². The number of nitrogens with one attached hydrogen (secondary N) is 1. The zero-order chi connectivity index (χ0) is 15.7. The first-order chi connectivity index (χ1) is 10.6. The number of para-hydroxylation sites is 1. The van der Waals surface area contributed by atoms with Crippen LogP contribution in [0.3, 0.4) is 0 Å². The van der Waals surface area contributed by atoms with E-state index in [4.69, 9.17) is 12.2 Å². The molecule has 22 heavy (non-hydrogen) atoms. The molecule has 0 aliphatic rings. The molecule has 0 aliphatic heterocycles. The van der Waals surface area contributed by atoms with E-state index < -0.39 is 0 Å². The highest BCUT2D eigenvalue weighted by Crippen LogP contribution is 2.19. The van der Waals surface area contributed by atoms with Crippen LogP contribution in [0.15, 0.2) is 40.4 Å². The van der Waals surface area contributed by atoms with Gasteiger partial charge in [-0.05, 0) is 32.1 Å². The second kappa shape index (κ2) is 5.69. The molecule has 2 aromatic heterocycles. The Morgan fingerprint density at radius 2 is 2.18 bits per heavy atom. The van der Waals surface area contributed by atoms with Crippen LogP contribution in [0.25, 0.3) is 10.9 Å². The summed E-state index contributed by atoms with van der Waals surface area (Å²) < 4.78 is 3.46. The van der Waals surface area contributed by atoms with E-state index in [1.54, 1.807) is 13.1 Å². The summed E-state index contributed by atoms with van der Waals surface area (Å²) in [6.07, 6.45) is 3.67. The molecule has 3 rings (SSSR count). The molecule has 112 valence electrons. The van der Waals surface area contributed by atoms with Gasteiger partial charge < -0.3 is 4.57 Å². The maximum absolute atomic E-state index is 12.0. The van der Waals surface area contributed by atoms with Gasteiger partial charge in [-0.1, -0.05) is 18.2 Å². The number of hydrogen-bond donors (Lipinski definition) is 1. The molecule has 0 aliphatic carbocycles. The monoisotopic (exact) mass is 313 g/mol. The number of benzene rings is 1. The zero-order valence-corrected chi connectivity index (χ0v) is 13.1. The molecular weight excluding hydrogens is 298 g/mol. The average Bonchev–Trinajstić information content (AvgIpc) is 2.89. The van der Waals surface area contributed by atoms with E-state index >= 15 is 0 Å². The van der Waals surface area contributed by atoms with Crippen LogP contribution in [0, 0.1) is 11.7 Å². The Morgan fingerprint density at radius 1 is 1.41 bits per heavy atom. The molecule has 0 amide bonds. The third-order valence-electron chi connectivity index (χ3n) is 3.49. The molecule has 7 heteroatoms. The van der Waals surface area contributed by atoms with Gasteiger partial charge in [0.25, 0.3) is 5.56 Å². The molecule has 0 fully saturated rings. The summed E-state index contributed by atoms with van der Waals surface area (Å²) in [6.45, 7) is 4.56. The maximum atomic E-state index is 12.0. The van der Waals surface area contributed by atoms with Crippen LogP contribution in [-0.4, -0.2) is 25.7 Å². The van der Waals surface area contributed by atoms with Crippen LogP contribution in [-0.2, 0) is 6.54 Å². The van der Waals surface area contributed by atoms with Crippen LogP contribution < -0.4 is 5.56 Å². The fourth-order valence-corrected chi connectivity index (χ4v) is 2.51. The van der Waals surface area contributed by atoms with Gasteiger partial charge >= 0.3 is 0 Å². The predicted molar refractivity (Wildman–Crippen MR) is 89.0 cm³/mol. The van der Waals surface area contributed by atoms with Gasteiger partial charge in [-0.2, -0.15) is 14.9 Å². The van der Waals surface area contributed by atoms with Crippen molar-refractivity contribution >= 4 is 29.3 Å². The summed E-state index contributed by atoms with van der Waals surface area (Å²) in [6, 6.07) is 8.08. The highest BCUT2D eigenvalue weighted by atomic mass is 32.1. The Hall–Kier alpha value is -2.54. The average molecular weight is 313 g/mol. The van der Waals surface area contributed by atoms with E-state index in [2.05, 4.69) is 32.9 Å². The standard InChI is InChI=1S/C15H15N5OS/c1-3-19-9-11(12-6-4-5-7-13(12)19)8-16-20-14(21)10(2)17-18-15(20)22/h4-9H,3H2,1-2H3,(H,18,22)/b16-8-. The largest absolute Gasteiger partial charge is 0.347 e. The molecule has 0 unspecified atom stereocenters. The third kappa shape index (κ3) is 2.39. The first-order valence-electron chi connectivity index (χ1n) is 6.92. The maximum Gasteiger partial charge on any atom is 0.296 e. The quantitative estimate of drug-likeness (QED) is 0.596. The second-order valence-electron chi connectivity index (χ2n) is 4.86. The van der Waals surface area contributed by atoms with Crippen molar-refractivity contribution < 1.29 is 0 Å². The minimum Gasteiger partial charge on any atom is -0.347 e. The number of aromatic amines is 1. The molecule has 2 heterocycles. The van der Waals surface area contributed by atoms with Crippen molar-refractivity contribution in [2.75, 3.05) is 0 Å². The first-order valence-corrected chi connectivity index (χ1v) is 7.33. The lowest BCUT2D eigenvalue weighted by atomic mass is 10.2. The highest BCUT2D eigenvalue weighted by molar-refractivity contribution is 7.71. The zero-order valence-electron chi connectivity index (χ0n) is 12.3. The van der Waals surface area contributed by atoms with E-state index in [9.17, 15) is 4.79 Å². The SMILES string of the molecule is CCn1cc(/C=N\n2c(=S)[nH]nc(C)c2=O)c2ccccc21. The number of rotatable bonds is 3. The predicted octanol–water partition coefficient (Wildman–Crippen LogP) is 2.47. The van der Waals surface area contributed by atoms with Crippen molar-refractivity contribution in [3.63, 3.8) is 0 Å². The lowest BCUT2D eigenvalue weighted by Gasteiger charge is -1.98. The van der Waals surface area contributed by atoms with Gasteiger partial charge in [-0.3, -0.25) is 9.89 Å². The van der Waals surface area contributed by atoms with Crippen LogP contribution >= 0.6 is 12.2 Å². The molecule has 0 radical (unpaired) electrons. The summed E-state index contributed by atoms with van der Waals surface area (Å²) >= 11 is 5.06. The normalized spacial score (nSPS) is 11.5. The Balaban J connectivity index is 2.13. The Kier molecular flexibility index (Phi) is 3.72. The topological polar surface area (TPSA) is 68.0 Å². The molecule has 0 atom stereocenters. The lowest BCUT2D eigenvalue weighted by molar-refractivity contribution is 0.720. The summed E-state index contributed by atoms with van der Waals surface area (Å²) in [5, 5.41) is 11.7. The van der Waals surface area contributed by atoms with Crippen LogP contribution in [0.4, 0.5) is 0 Å². The van der Waals surface area contributed by atoms with E-state index in [0.29, 0.717) is 5.69 Å². The number of H-pyrrole nitrogens is 1. The fourth-order valence-electron chi connectivity index (χ4n) is 2.34. The lowest BCUT2D eigenvalue weighted by Crippen LogP contribution is -2.22. The highest BCUT2D eigenvalue weighted by Gasteiger charge is 2.06. The summed E-state index contributed by atoms with van der Waals surface area (Å²) in [4.78, 5) is 12.0. The molecular formula is C15H15N5OS. The molecule has 3 aromatic rings. The number of hydrogen-bond acceptors (Lipinski definition) is 4. The summed E-state index contributed by atoms with van der Waals surface area (Å²) in [5.41, 5.74) is 2.07. The summed E-state index contributed by atoms with van der Waals surface area (Å²) in [7, 11) is 0. The summed E-state index contributed by atoms with van der Waals surface area (Å²) in [5.74, 6) is 0. The van der Waals surface area contributed by atoms with E-state index in [1.807, 2.05) is 24.4 Å². The van der Waals surface area contributed by atoms with E-state index in [-0.39, 0.29) is 10.3 Å². The van der Waals surface area contributed by atoms with Crippen molar-refractivity contribution in [3.8, 4) is 0 Å². The number of aryl methyl sites for hydroxylation is 2. The fraction of sp³-hybridized carbons (Fsp3) is 0.200. The van der Waals surface area contributed by atoms with E-state index in [0.717, 1.165) is 27.7 Å². The minimum absolute atomic E-state index is 0.172. The Morgan fingerprint density at radius 3 is 2.95 bits per heavy atom. The van der Waals surface area contributed by atoms with Gasteiger partial charge in [0, 0.05) is 29.2 Å². The minimum atomic E-state index is -0.320. The number of fused-ring (bicyclic) bond motifs is 1. The molecule has 1 aromatic carbocycles.